The fourth-order valence-electron chi connectivity index (χ4n) is 5.36. The number of hydrogen-bond acceptors (Lipinski definition) is 2. The van der Waals surface area contributed by atoms with Crippen LogP contribution in [-0.2, 0) is 23.7 Å². The molecule has 0 saturated carbocycles. The number of nitrogens with zero attached hydrogens (tertiary/aromatic N) is 3. The average molecular weight is 528 g/mol. The molecule has 2 atom stereocenters. The summed E-state index contributed by atoms with van der Waals surface area (Å²) in [6.07, 6.45) is -9.04. The maximum atomic E-state index is 13.6. The van der Waals surface area contributed by atoms with Crippen LogP contribution in [0.25, 0.3) is 0 Å². The Kier molecular flexibility index (Phi) is 6.94. The summed E-state index contributed by atoms with van der Waals surface area (Å²) in [5.41, 5.74) is -0.324. The molecule has 11 heteroatoms. The SMILES string of the molecule is Cc1ccc([C@H]2[C@@H]3CCC(=O)N3CCN2C(=O)N(C)Cc2cc(C(F)(F)F)cc(C(F)(F)F)c2)c(C)c1. The number of aryl methyl sites for hydroxylation is 2. The number of carbonyl (C=O) groups is 2. The second-order valence-electron chi connectivity index (χ2n) is 9.74. The van der Waals surface area contributed by atoms with Crippen LogP contribution < -0.4 is 0 Å². The molecular weight excluding hydrogens is 500 g/mol. The van der Waals surface area contributed by atoms with Gasteiger partial charge in [-0.3, -0.25) is 4.79 Å². The van der Waals surface area contributed by atoms with Crippen LogP contribution in [0.15, 0.2) is 36.4 Å². The lowest BCUT2D eigenvalue weighted by molar-refractivity contribution is -0.143. The van der Waals surface area contributed by atoms with Crippen LogP contribution in [0.5, 0.6) is 0 Å². The first-order chi connectivity index (χ1) is 17.2. The first-order valence-corrected chi connectivity index (χ1v) is 11.8. The minimum absolute atomic E-state index is 0.00358. The Morgan fingerprint density at radius 2 is 1.59 bits per heavy atom. The van der Waals surface area contributed by atoms with Gasteiger partial charge in [0.1, 0.15) is 0 Å². The number of carbonyl (C=O) groups excluding carboxylic acids is 2. The van der Waals surface area contributed by atoms with Gasteiger partial charge >= 0.3 is 18.4 Å². The minimum atomic E-state index is -4.97. The Bertz CT molecular complexity index is 1180. The van der Waals surface area contributed by atoms with Crippen LogP contribution in [0.1, 0.15) is 52.3 Å². The maximum absolute atomic E-state index is 13.6. The maximum Gasteiger partial charge on any atom is 0.416 e. The first kappa shape index (κ1) is 26.8. The second kappa shape index (κ2) is 9.57. The molecule has 2 aliphatic rings. The van der Waals surface area contributed by atoms with Crippen molar-refractivity contribution >= 4 is 11.9 Å². The number of benzene rings is 2. The Morgan fingerprint density at radius 3 is 2.16 bits per heavy atom. The van der Waals surface area contributed by atoms with E-state index in [0.717, 1.165) is 21.6 Å². The Balaban J connectivity index is 1.66. The van der Waals surface area contributed by atoms with E-state index in [2.05, 4.69) is 0 Å². The van der Waals surface area contributed by atoms with Crippen molar-refractivity contribution in [2.75, 3.05) is 20.1 Å². The summed E-state index contributed by atoms with van der Waals surface area (Å²) in [6.45, 7) is 3.90. The largest absolute Gasteiger partial charge is 0.416 e. The lowest BCUT2D eigenvalue weighted by atomic mass is 9.90. The van der Waals surface area contributed by atoms with Gasteiger partial charge in [-0.05, 0) is 55.2 Å². The number of hydrogen-bond donors (Lipinski definition) is 0. The molecule has 0 aromatic heterocycles. The van der Waals surface area contributed by atoms with Gasteiger partial charge in [0.25, 0.3) is 0 Å². The monoisotopic (exact) mass is 527 g/mol. The molecule has 37 heavy (non-hydrogen) atoms. The van der Waals surface area contributed by atoms with Crippen LogP contribution in [0.2, 0.25) is 0 Å². The zero-order valence-electron chi connectivity index (χ0n) is 20.6. The molecule has 0 spiro atoms. The van der Waals surface area contributed by atoms with E-state index in [1.165, 1.54) is 7.05 Å². The van der Waals surface area contributed by atoms with Crippen LogP contribution in [0, 0.1) is 13.8 Å². The number of piperazine rings is 1. The van der Waals surface area contributed by atoms with Crippen LogP contribution in [0.4, 0.5) is 31.1 Å². The van der Waals surface area contributed by atoms with Gasteiger partial charge in [0.2, 0.25) is 5.91 Å². The zero-order chi connectivity index (χ0) is 27.3. The zero-order valence-corrected chi connectivity index (χ0v) is 20.6. The van der Waals surface area contributed by atoms with Gasteiger partial charge in [0, 0.05) is 33.1 Å². The molecule has 5 nitrogen and oxygen atoms in total. The summed E-state index contributed by atoms with van der Waals surface area (Å²) >= 11 is 0. The van der Waals surface area contributed by atoms with Gasteiger partial charge < -0.3 is 14.7 Å². The molecule has 3 amide bonds. The van der Waals surface area contributed by atoms with Crippen molar-refractivity contribution in [3.05, 3.63) is 69.8 Å². The number of amides is 3. The van der Waals surface area contributed by atoms with Crippen molar-refractivity contribution in [1.82, 2.24) is 14.7 Å². The van der Waals surface area contributed by atoms with Crippen molar-refractivity contribution in [2.45, 2.75) is 57.7 Å². The fourth-order valence-corrected chi connectivity index (χ4v) is 5.36. The highest BCUT2D eigenvalue weighted by atomic mass is 19.4. The predicted octanol–water partition coefficient (Wildman–Crippen LogP) is 5.94. The molecule has 0 radical (unpaired) electrons. The quantitative estimate of drug-likeness (QED) is 0.464. The topological polar surface area (TPSA) is 43.9 Å². The normalized spacial score (nSPS) is 20.3. The van der Waals surface area contributed by atoms with E-state index in [1.54, 1.807) is 9.80 Å². The van der Waals surface area contributed by atoms with Crippen LogP contribution in [0.3, 0.4) is 0 Å². The standard InChI is InChI=1S/C26H27F6N3O2/c1-15-4-5-20(16(2)10-15)23-21-6-7-22(36)34(21)8-9-35(23)24(37)33(3)14-17-11-18(25(27,28)29)13-19(12-17)26(30,31)32/h4-5,10-13,21,23H,6-9,14H2,1-3H3/t21-,23-/m0/s1. The molecular formula is C26H27F6N3O2. The lowest BCUT2D eigenvalue weighted by Crippen LogP contribution is -2.57. The van der Waals surface area contributed by atoms with E-state index in [1.807, 2.05) is 32.0 Å². The predicted molar refractivity (Wildman–Crippen MR) is 123 cm³/mol. The van der Waals surface area contributed by atoms with E-state index in [-0.39, 0.29) is 30.1 Å². The molecule has 0 bridgehead atoms. The van der Waals surface area contributed by atoms with E-state index < -0.39 is 42.1 Å². The molecule has 2 aromatic rings. The Labute approximate surface area is 210 Å². The number of alkyl halides is 6. The van der Waals surface area contributed by atoms with Gasteiger partial charge in [-0.2, -0.15) is 26.3 Å². The molecule has 0 unspecified atom stereocenters. The second-order valence-corrected chi connectivity index (χ2v) is 9.74. The van der Waals surface area contributed by atoms with E-state index in [4.69, 9.17) is 0 Å². The van der Waals surface area contributed by atoms with Crippen molar-refractivity contribution in [2.24, 2.45) is 0 Å². The molecule has 2 aliphatic heterocycles. The molecule has 4 rings (SSSR count). The smallest absolute Gasteiger partial charge is 0.335 e. The Morgan fingerprint density at radius 1 is 0.973 bits per heavy atom. The van der Waals surface area contributed by atoms with Gasteiger partial charge in [-0.25, -0.2) is 4.79 Å². The molecule has 200 valence electrons. The number of rotatable bonds is 3. The highest BCUT2D eigenvalue weighted by Crippen LogP contribution is 2.40. The van der Waals surface area contributed by atoms with Crippen molar-refractivity contribution in [1.29, 1.82) is 0 Å². The summed E-state index contributed by atoms with van der Waals surface area (Å²) < 4.78 is 79.8. The third kappa shape index (κ3) is 5.40. The lowest BCUT2D eigenvalue weighted by Gasteiger charge is -2.46. The highest BCUT2D eigenvalue weighted by molar-refractivity contribution is 5.81. The van der Waals surface area contributed by atoms with Crippen molar-refractivity contribution in [3.63, 3.8) is 0 Å². The Hall–Kier alpha value is -3.24. The number of urea groups is 1. The van der Waals surface area contributed by atoms with Crippen molar-refractivity contribution in [3.8, 4) is 0 Å². The molecule has 2 saturated heterocycles. The van der Waals surface area contributed by atoms with E-state index >= 15 is 0 Å². The highest BCUT2D eigenvalue weighted by Gasteiger charge is 2.46. The van der Waals surface area contributed by atoms with Gasteiger partial charge in [-0.1, -0.05) is 23.8 Å². The summed E-state index contributed by atoms with van der Waals surface area (Å²) in [5.74, 6) is 0.00358. The third-order valence-electron chi connectivity index (χ3n) is 7.04. The van der Waals surface area contributed by atoms with Crippen molar-refractivity contribution < 1.29 is 35.9 Å². The third-order valence-corrected chi connectivity index (χ3v) is 7.04. The molecule has 2 heterocycles. The van der Waals surface area contributed by atoms with Crippen LogP contribution >= 0.6 is 0 Å². The summed E-state index contributed by atoms with van der Waals surface area (Å²) in [7, 11) is 1.35. The summed E-state index contributed by atoms with van der Waals surface area (Å²) in [5, 5.41) is 0. The summed E-state index contributed by atoms with van der Waals surface area (Å²) in [4.78, 5) is 30.5. The molecule has 0 aliphatic carbocycles. The van der Waals surface area contributed by atoms with Gasteiger partial charge in [0.05, 0.1) is 23.2 Å². The van der Waals surface area contributed by atoms with E-state index in [9.17, 15) is 35.9 Å². The molecule has 2 aromatic carbocycles. The van der Waals surface area contributed by atoms with Crippen LogP contribution in [-0.4, -0.2) is 52.8 Å². The van der Waals surface area contributed by atoms with Gasteiger partial charge in [0.15, 0.2) is 0 Å². The summed E-state index contributed by atoms with van der Waals surface area (Å²) in [6, 6.07) is 5.85. The van der Waals surface area contributed by atoms with Gasteiger partial charge in [-0.15, -0.1) is 0 Å². The first-order valence-electron chi connectivity index (χ1n) is 11.8. The molecule has 0 N–H and O–H groups in total. The number of fused-ring (bicyclic) bond motifs is 1. The van der Waals surface area contributed by atoms with E-state index in [0.29, 0.717) is 31.5 Å². The minimum Gasteiger partial charge on any atom is -0.335 e. The molecule has 2 fully saturated rings. The average Bonchev–Trinajstić information content (AvgIpc) is 3.18. The number of halogens is 6. The fraction of sp³-hybridized carbons (Fsp3) is 0.462.